The Kier molecular flexibility index (Phi) is 3.94. The van der Waals surface area contributed by atoms with Crippen molar-refractivity contribution in [2.45, 2.75) is 19.8 Å². The minimum absolute atomic E-state index is 0.668. The summed E-state index contributed by atoms with van der Waals surface area (Å²) < 4.78 is 0. The molecule has 0 bridgehead atoms. The first-order chi connectivity index (χ1) is 8.31. The van der Waals surface area contributed by atoms with Crippen LogP contribution < -0.4 is 10.6 Å². The highest BCUT2D eigenvalue weighted by molar-refractivity contribution is 5.55. The van der Waals surface area contributed by atoms with Gasteiger partial charge in [0.2, 0.25) is 0 Å². The van der Waals surface area contributed by atoms with Crippen molar-refractivity contribution in [1.82, 2.24) is 10.3 Å². The Morgan fingerprint density at radius 2 is 2.29 bits per heavy atom. The van der Waals surface area contributed by atoms with Gasteiger partial charge in [0.1, 0.15) is 11.9 Å². The predicted molar refractivity (Wildman–Crippen MR) is 67.8 cm³/mol. The van der Waals surface area contributed by atoms with E-state index >= 15 is 0 Å². The molecule has 0 aromatic carbocycles. The number of rotatable bonds is 3. The number of aromatic nitrogens is 1. The number of piperidine rings is 1. The second kappa shape index (κ2) is 5.65. The van der Waals surface area contributed by atoms with Crippen molar-refractivity contribution >= 4 is 5.82 Å². The van der Waals surface area contributed by atoms with Gasteiger partial charge in [-0.05, 0) is 50.4 Å². The smallest absolute Gasteiger partial charge is 0.144 e. The average molecular weight is 230 g/mol. The van der Waals surface area contributed by atoms with Crippen LogP contribution in [0.2, 0.25) is 0 Å². The van der Waals surface area contributed by atoms with E-state index in [9.17, 15) is 0 Å². The van der Waals surface area contributed by atoms with E-state index in [-0.39, 0.29) is 0 Å². The lowest BCUT2D eigenvalue weighted by molar-refractivity contribution is 0.389. The van der Waals surface area contributed by atoms with Crippen molar-refractivity contribution < 1.29 is 0 Å². The fourth-order valence-electron chi connectivity index (χ4n) is 2.16. The van der Waals surface area contributed by atoms with E-state index in [1.54, 1.807) is 6.20 Å². The number of hydrogen-bond donors (Lipinski definition) is 2. The maximum atomic E-state index is 9.10. The van der Waals surface area contributed by atoms with Crippen LogP contribution in [0.1, 0.15) is 24.0 Å². The zero-order valence-electron chi connectivity index (χ0n) is 10.2. The predicted octanol–water partition coefficient (Wildman–Crippen LogP) is 1.67. The molecule has 1 saturated heterocycles. The maximum absolute atomic E-state index is 9.10. The van der Waals surface area contributed by atoms with Gasteiger partial charge < -0.3 is 10.6 Å². The Hall–Kier alpha value is -1.60. The fourth-order valence-corrected chi connectivity index (χ4v) is 2.16. The van der Waals surface area contributed by atoms with Gasteiger partial charge in [0.05, 0.1) is 5.56 Å². The van der Waals surface area contributed by atoms with Crippen LogP contribution in [0.3, 0.4) is 0 Å². The van der Waals surface area contributed by atoms with Crippen LogP contribution in [0.5, 0.6) is 0 Å². The molecule has 0 amide bonds. The summed E-state index contributed by atoms with van der Waals surface area (Å²) in [5, 5.41) is 15.8. The van der Waals surface area contributed by atoms with Gasteiger partial charge in [0.25, 0.3) is 0 Å². The molecule has 1 aromatic heterocycles. The lowest BCUT2D eigenvalue weighted by atomic mass is 9.98. The van der Waals surface area contributed by atoms with E-state index in [2.05, 4.69) is 21.7 Å². The van der Waals surface area contributed by atoms with Crippen molar-refractivity contribution in [1.29, 1.82) is 5.26 Å². The number of nitriles is 1. The normalized spacial score (nSPS) is 16.5. The van der Waals surface area contributed by atoms with Gasteiger partial charge in [0, 0.05) is 12.7 Å². The molecule has 0 unspecified atom stereocenters. The number of aryl methyl sites for hydroxylation is 1. The lowest BCUT2D eigenvalue weighted by Crippen LogP contribution is -2.31. The van der Waals surface area contributed by atoms with Crippen LogP contribution >= 0.6 is 0 Å². The van der Waals surface area contributed by atoms with Crippen molar-refractivity contribution in [3.8, 4) is 6.07 Å². The van der Waals surface area contributed by atoms with E-state index < -0.39 is 0 Å². The quantitative estimate of drug-likeness (QED) is 0.829. The summed E-state index contributed by atoms with van der Waals surface area (Å²) in [6.07, 6.45) is 4.14. The van der Waals surface area contributed by atoms with Crippen LogP contribution in [0.25, 0.3) is 0 Å². The lowest BCUT2D eigenvalue weighted by Gasteiger charge is -2.23. The molecule has 1 aliphatic rings. The topological polar surface area (TPSA) is 60.7 Å². The summed E-state index contributed by atoms with van der Waals surface area (Å²) in [4.78, 5) is 4.25. The molecule has 2 N–H and O–H groups in total. The summed E-state index contributed by atoms with van der Waals surface area (Å²) >= 11 is 0. The zero-order chi connectivity index (χ0) is 12.1. The Morgan fingerprint density at radius 1 is 1.53 bits per heavy atom. The molecule has 2 rings (SSSR count). The van der Waals surface area contributed by atoms with E-state index in [1.165, 1.54) is 12.8 Å². The Balaban J connectivity index is 1.99. The van der Waals surface area contributed by atoms with Gasteiger partial charge in [-0.25, -0.2) is 4.98 Å². The first kappa shape index (κ1) is 11.9. The summed E-state index contributed by atoms with van der Waals surface area (Å²) in [5.74, 6) is 1.41. The molecule has 1 fully saturated rings. The van der Waals surface area contributed by atoms with Gasteiger partial charge in [0.15, 0.2) is 0 Å². The fraction of sp³-hybridized carbons (Fsp3) is 0.538. The van der Waals surface area contributed by atoms with Crippen LogP contribution in [0.4, 0.5) is 5.82 Å². The number of nitrogens with one attached hydrogen (secondary N) is 2. The zero-order valence-corrected chi connectivity index (χ0v) is 10.2. The van der Waals surface area contributed by atoms with Crippen molar-refractivity contribution in [2.24, 2.45) is 5.92 Å². The van der Waals surface area contributed by atoms with Crippen LogP contribution in [-0.2, 0) is 0 Å². The molecular weight excluding hydrogens is 212 g/mol. The molecular formula is C13H18N4. The Labute approximate surface area is 102 Å². The largest absolute Gasteiger partial charge is 0.369 e. The van der Waals surface area contributed by atoms with E-state index in [0.717, 1.165) is 31.0 Å². The second-order valence-corrected chi connectivity index (χ2v) is 4.54. The molecule has 0 atom stereocenters. The van der Waals surface area contributed by atoms with Crippen LogP contribution in [-0.4, -0.2) is 24.6 Å². The summed E-state index contributed by atoms with van der Waals surface area (Å²) in [7, 11) is 0. The monoisotopic (exact) mass is 230 g/mol. The van der Waals surface area contributed by atoms with Gasteiger partial charge >= 0.3 is 0 Å². The third-order valence-corrected chi connectivity index (χ3v) is 3.29. The van der Waals surface area contributed by atoms with Gasteiger partial charge in [-0.2, -0.15) is 5.26 Å². The number of nitrogens with zero attached hydrogens (tertiary/aromatic N) is 2. The van der Waals surface area contributed by atoms with E-state index in [4.69, 9.17) is 5.26 Å². The summed E-state index contributed by atoms with van der Waals surface area (Å²) in [6.45, 7) is 5.04. The second-order valence-electron chi connectivity index (χ2n) is 4.54. The highest BCUT2D eigenvalue weighted by atomic mass is 15.0. The maximum Gasteiger partial charge on any atom is 0.144 e. The Bertz CT molecular complexity index is 416. The molecule has 4 nitrogen and oxygen atoms in total. The molecule has 0 saturated carbocycles. The van der Waals surface area contributed by atoms with Crippen molar-refractivity contribution in [2.75, 3.05) is 25.0 Å². The highest BCUT2D eigenvalue weighted by Crippen LogP contribution is 2.17. The molecule has 90 valence electrons. The third-order valence-electron chi connectivity index (χ3n) is 3.29. The number of hydrogen-bond acceptors (Lipinski definition) is 4. The van der Waals surface area contributed by atoms with E-state index in [1.807, 2.05) is 13.0 Å². The van der Waals surface area contributed by atoms with E-state index in [0.29, 0.717) is 11.5 Å². The first-order valence-electron chi connectivity index (χ1n) is 6.11. The third kappa shape index (κ3) is 2.95. The highest BCUT2D eigenvalue weighted by Gasteiger charge is 2.14. The first-order valence-corrected chi connectivity index (χ1v) is 6.11. The molecule has 4 heteroatoms. The average Bonchev–Trinajstić information content (AvgIpc) is 2.37. The van der Waals surface area contributed by atoms with Gasteiger partial charge in [-0.15, -0.1) is 0 Å². The number of anilines is 1. The molecule has 17 heavy (non-hydrogen) atoms. The molecule has 1 aromatic rings. The standard InChI is InChI=1S/C13H18N4/c1-10-2-7-16-13(12(10)8-14)17-9-11-3-5-15-6-4-11/h2,7,11,15H,3-6,9H2,1H3,(H,16,17). The SMILES string of the molecule is Cc1ccnc(NCC2CCNCC2)c1C#N. The molecule has 0 radical (unpaired) electrons. The molecule has 2 heterocycles. The van der Waals surface area contributed by atoms with Gasteiger partial charge in [-0.1, -0.05) is 0 Å². The Morgan fingerprint density at radius 3 is 3.00 bits per heavy atom. The molecule has 1 aliphatic heterocycles. The summed E-state index contributed by atoms with van der Waals surface area (Å²) in [6, 6.07) is 4.08. The molecule has 0 spiro atoms. The van der Waals surface area contributed by atoms with Crippen LogP contribution in [0.15, 0.2) is 12.3 Å². The van der Waals surface area contributed by atoms with Gasteiger partial charge in [-0.3, -0.25) is 0 Å². The molecule has 0 aliphatic carbocycles. The number of pyridine rings is 1. The van der Waals surface area contributed by atoms with Crippen molar-refractivity contribution in [3.05, 3.63) is 23.4 Å². The minimum atomic E-state index is 0.668. The van der Waals surface area contributed by atoms with Crippen molar-refractivity contribution in [3.63, 3.8) is 0 Å². The summed E-state index contributed by atoms with van der Waals surface area (Å²) in [5.41, 5.74) is 1.65. The van der Waals surface area contributed by atoms with Crippen LogP contribution in [0, 0.1) is 24.2 Å². The minimum Gasteiger partial charge on any atom is -0.369 e.